The Morgan fingerprint density at radius 2 is 1.86 bits per heavy atom. The van der Waals surface area contributed by atoms with Crippen LogP contribution in [0.25, 0.3) is 0 Å². The van der Waals surface area contributed by atoms with Gasteiger partial charge in [-0.15, -0.1) is 0 Å². The summed E-state index contributed by atoms with van der Waals surface area (Å²) >= 11 is 0. The number of aliphatic hydroxyl groups is 1. The highest BCUT2D eigenvalue weighted by Crippen LogP contribution is 2.38. The zero-order valence-corrected chi connectivity index (χ0v) is 13.4. The van der Waals surface area contributed by atoms with Crippen molar-refractivity contribution in [2.45, 2.75) is 65.0 Å². The number of anilines is 1. The second kappa shape index (κ2) is 5.91. The molecule has 0 bridgehead atoms. The summed E-state index contributed by atoms with van der Waals surface area (Å²) in [6.45, 7) is 7.39. The predicted molar refractivity (Wildman–Crippen MR) is 84.4 cm³/mol. The summed E-state index contributed by atoms with van der Waals surface area (Å²) < 4.78 is 0. The van der Waals surface area contributed by atoms with E-state index in [4.69, 9.17) is 0 Å². The van der Waals surface area contributed by atoms with Crippen LogP contribution < -0.4 is 4.90 Å². The molecule has 0 aromatic carbocycles. The van der Waals surface area contributed by atoms with E-state index in [1.807, 2.05) is 19.9 Å². The van der Waals surface area contributed by atoms with E-state index < -0.39 is 0 Å². The van der Waals surface area contributed by atoms with Crippen LogP contribution in [-0.4, -0.2) is 33.8 Å². The second-order valence-corrected chi connectivity index (χ2v) is 7.00. The van der Waals surface area contributed by atoms with Gasteiger partial charge in [0.15, 0.2) is 0 Å². The number of aromatic nitrogens is 2. The average Bonchev–Trinajstić information content (AvgIpc) is 2.89. The molecule has 3 rings (SSSR count). The molecule has 2 heterocycles. The van der Waals surface area contributed by atoms with Gasteiger partial charge in [0.2, 0.25) is 5.95 Å². The van der Waals surface area contributed by atoms with Gasteiger partial charge in [-0.3, -0.25) is 0 Å². The number of aryl methyl sites for hydroxylation is 2. The molecule has 1 aromatic rings. The monoisotopic (exact) mass is 289 g/mol. The van der Waals surface area contributed by atoms with Crippen molar-refractivity contribution >= 4 is 5.95 Å². The molecule has 2 fully saturated rings. The van der Waals surface area contributed by atoms with Gasteiger partial charge in [-0.25, -0.2) is 9.97 Å². The van der Waals surface area contributed by atoms with Gasteiger partial charge in [0.05, 0.1) is 6.10 Å². The summed E-state index contributed by atoms with van der Waals surface area (Å²) in [5.41, 5.74) is 2.06. The first-order chi connectivity index (χ1) is 10.0. The molecule has 4 atom stereocenters. The van der Waals surface area contributed by atoms with Gasteiger partial charge in [-0.2, -0.15) is 0 Å². The molecule has 1 N–H and O–H groups in total. The van der Waals surface area contributed by atoms with Crippen molar-refractivity contribution in [3.63, 3.8) is 0 Å². The van der Waals surface area contributed by atoms with Crippen LogP contribution in [0.2, 0.25) is 0 Å². The quantitative estimate of drug-likeness (QED) is 0.909. The lowest BCUT2D eigenvalue weighted by Gasteiger charge is -2.39. The van der Waals surface area contributed by atoms with Crippen LogP contribution in [0.4, 0.5) is 5.95 Å². The van der Waals surface area contributed by atoms with E-state index in [9.17, 15) is 5.11 Å². The topological polar surface area (TPSA) is 49.2 Å². The van der Waals surface area contributed by atoms with Crippen LogP contribution in [0.1, 0.15) is 50.4 Å². The van der Waals surface area contributed by atoms with Crippen molar-refractivity contribution in [3.8, 4) is 0 Å². The Kier molecular flexibility index (Phi) is 4.16. The third kappa shape index (κ3) is 3.05. The van der Waals surface area contributed by atoms with E-state index in [2.05, 4.69) is 21.8 Å². The molecule has 1 aliphatic carbocycles. The summed E-state index contributed by atoms with van der Waals surface area (Å²) in [4.78, 5) is 11.6. The molecule has 4 unspecified atom stereocenters. The summed E-state index contributed by atoms with van der Waals surface area (Å²) in [7, 11) is 0. The van der Waals surface area contributed by atoms with Crippen LogP contribution in [0.15, 0.2) is 6.07 Å². The molecule has 0 radical (unpaired) electrons. The fourth-order valence-electron chi connectivity index (χ4n) is 4.14. The van der Waals surface area contributed by atoms with Crippen LogP contribution >= 0.6 is 0 Å². The van der Waals surface area contributed by atoms with E-state index in [1.165, 1.54) is 6.42 Å². The van der Waals surface area contributed by atoms with Gasteiger partial charge in [0, 0.05) is 29.9 Å². The van der Waals surface area contributed by atoms with Crippen molar-refractivity contribution in [2.24, 2.45) is 11.8 Å². The highest BCUT2D eigenvalue weighted by atomic mass is 16.3. The highest BCUT2D eigenvalue weighted by molar-refractivity contribution is 5.36. The molecule has 1 aromatic heterocycles. The first kappa shape index (κ1) is 14.8. The SMILES string of the molecule is Cc1cc(C)nc(N2CCCC2C2CC(C)CCC2O)n1. The number of nitrogens with zero attached hydrogens (tertiary/aromatic N) is 3. The third-order valence-electron chi connectivity index (χ3n) is 5.14. The third-order valence-corrected chi connectivity index (χ3v) is 5.14. The molecule has 4 heteroatoms. The van der Waals surface area contributed by atoms with E-state index in [0.717, 1.165) is 55.5 Å². The Hall–Kier alpha value is -1.16. The molecule has 4 nitrogen and oxygen atoms in total. The predicted octanol–water partition coefficient (Wildman–Crippen LogP) is 2.86. The van der Waals surface area contributed by atoms with Crippen LogP contribution in [-0.2, 0) is 0 Å². The minimum absolute atomic E-state index is 0.155. The molecule has 0 amide bonds. The lowest BCUT2D eigenvalue weighted by atomic mass is 9.76. The van der Waals surface area contributed by atoms with Crippen molar-refractivity contribution in [2.75, 3.05) is 11.4 Å². The van der Waals surface area contributed by atoms with Crippen molar-refractivity contribution < 1.29 is 5.11 Å². The zero-order valence-electron chi connectivity index (χ0n) is 13.4. The molecular weight excluding hydrogens is 262 g/mol. The Bertz CT molecular complexity index is 485. The minimum Gasteiger partial charge on any atom is -0.393 e. The maximum absolute atomic E-state index is 10.5. The fourth-order valence-corrected chi connectivity index (χ4v) is 4.14. The molecule has 21 heavy (non-hydrogen) atoms. The zero-order chi connectivity index (χ0) is 15.0. The van der Waals surface area contributed by atoms with E-state index >= 15 is 0 Å². The summed E-state index contributed by atoms with van der Waals surface area (Å²) in [6, 6.07) is 2.43. The van der Waals surface area contributed by atoms with Crippen molar-refractivity contribution in [1.29, 1.82) is 0 Å². The smallest absolute Gasteiger partial charge is 0.226 e. The lowest BCUT2D eigenvalue weighted by Crippen LogP contribution is -2.44. The Morgan fingerprint density at radius 1 is 1.14 bits per heavy atom. The first-order valence-corrected chi connectivity index (χ1v) is 8.31. The van der Waals surface area contributed by atoms with Crippen LogP contribution in [0.5, 0.6) is 0 Å². The molecule has 116 valence electrons. The van der Waals surface area contributed by atoms with Gasteiger partial charge >= 0.3 is 0 Å². The Labute approximate surface area is 127 Å². The maximum Gasteiger partial charge on any atom is 0.226 e. The van der Waals surface area contributed by atoms with Gasteiger partial charge in [0.25, 0.3) is 0 Å². The van der Waals surface area contributed by atoms with Gasteiger partial charge in [0.1, 0.15) is 0 Å². The normalized spacial score (nSPS) is 33.4. The highest BCUT2D eigenvalue weighted by Gasteiger charge is 2.39. The summed E-state index contributed by atoms with van der Waals surface area (Å²) in [6.07, 6.45) is 5.42. The molecule has 1 saturated heterocycles. The minimum atomic E-state index is -0.155. The standard InChI is InChI=1S/C17H27N3O/c1-11-6-7-16(21)14(9-11)15-5-4-8-20(15)17-18-12(2)10-13(3)19-17/h10-11,14-16,21H,4-9H2,1-3H3. The first-order valence-electron chi connectivity index (χ1n) is 8.31. The van der Waals surface area contributed by atoms with Crippen LogP contribution in [0.3, 0.4) is 0 Å². The average molecular weight is 289 g/mol. The van der Waals surface area contributed by atoms with E-state index in [0.29, 0.717) is 12.0 Å². The molecule has 0 spiro atoms. The van der Waals surface area contributed by atoms with Gasteiger partial charge in [-0.1, -0.05) is 6.92 Å². The molecular formula is C17H27N3O. The lowest BCUT2D eigenvalue weighted by molar-refractivity contribution is 0.0389. The Balaban J connectivity index is 1.84. The summed E-state index contributed by atoms with van der Waals surface area (Å²) in [5, 5.41) is 10.5. The molecule has 1 aliphatic heterocycles. The number of hydrogen-bond donors (Lipinski definition) is 1. The number of rotatable bonds is 2. The number of hydrogen-bond acceptors (Lipinski definition) is 4. The molecule has 2 aliphatic rings. The van der Waals surface area contributed by atoms with E-state index in [-0.39, 0.29) is 6.10 Å². The largest absolute Gasteiger partial charge is 0.393 e. The second-order valence-electron chi connectivity index (χ2n) is 7.00. The summed E-state index contributed by atoms with van der Waals surface area (Å²) in [5.74, 6) is 1.96. The van der Waals surface area contributed by atoms with Crippen molar-refractivity contribution in [3.05, 3.63) is 17.5 Å². The van der Waals surface area contributed by atoms with Gasteiger partial charge in [-0.05, 0) is 57.9 Å². The van der Waals surface area contributed by atoms with Crippen molar-refractivity contribution in [1.82, 2.24) is 9.97 Å². The maximum atomic E-state index is 10.5. The van der Waals surface area contributed by atoms with Crippen LogP contribution in [0, 0.1) is 25.7 Å². The number of aliphatic hydroxyl groups excluding tert-OH is 1. The molecule has 1 saturated carbocycles. The van der Waals surface area contributed by atoms with Gasteiger partial charge < -0.3 is 10.0 Å². The fraction of sp³-hybridized carbons (Fsp3) is 0.765. The Morgan fingerprint density at radius 3 is 2.57 bits per heavy atom. The van der Waals surface area contributed by atoms with E-state index in [1.54, 1.807) is 0 Å².